The third-order valence-corrected chi connectivity index (χ3v) is 5.66. The lowest BCUT2D eigenvalue weighted by molar-refractivity contribution is -0.142. The molecule has 1 fully saturated rings. The largest absolute Gasteiger partial charge is 0.485 e. The van der Waals surface area contributed by atoms with Gasteiger partial charge in [0, 0.05) is 29.9 Å². The molecule has 0 bridgehead atoms. The van der Waals surface area contributed by atoms with Crippen molar-refractivity contribution in [2.24, 2.45) is 11.7 Å². The maximum atomic E-state index is 14.0. The van der Waals surface area contributed by atoms with Crippen molar-refractivity contribution in [3.63, 3.8) is 0 Å². The van der Waals surface area contributed by atoms with Crippen molar-refractivity contribution in [2.45, 2.75) is 58.2 Å². The quantitative estimate of drug-likeness (QED) is 0.355. The number of hydrogen-bond acceptors (Lipinski definition) is 5. The number of fused-ring (bicyclic) bond motifs is 1. The fourth-order valence-corrected chi connectivity index (χ4v) is 4.07. The molecule has 0 atom stereocenters. The van der Waals surface area contributed by atoms with Crippen LogP contribution < -0.4 is 20.3 Å². The highest BCUT2D eigenvalue weighted by Gasteiger charge is 2.48. The summed E-state index contributed by atoms with van der Waals surface area (Å²) < 4.78 is 88.3. The van der Waals surface area contributed by atoms with Crippen LogP contribution in [0.2, 0.25) is 0 Å². The van der Waals surface area contributed by atoms with Gasteiger partial charge in [-0.15, -0.1) is 0 Å². The van der Waals surface area contributed by atoms with Crippen molar-refractivity contribution in [3.8, 4) is 16.9 Å². The average molecular weight is 548 g/mol. The average Bonchev–Trinajstić information content (AvgIpc) is 2.67. The molecule has 2 aliphatic heterocycles. The summed E-state index contributed by atoms with van der Waals surface area (Å²) in [5, 5.41) is 9.06. The van der Waals surface area contributed by atoms with Gasteiger partial charge >= 0.3 is 18.4 Å². The van der Waals surface area contributed by atoms with Crippen molar-refractivity contribution >= 4 is 17.3 Å². The zero-order valence-corrected chi connectivity index (χ0v) is 21.7. The molecular weight excluding hydrogens is 516 g/mol. The molecule has 0 unspecified atom stereocenters. The van der Waals surface area contributed by atoms with Gasteiger partial charge in [0.2, 0.25) is 0 Å². The van der Waals surface area contributed by atoms with Crippen LogP contribution in [0.4, 0.5) is 37.7 Å². The summed E-state index contributed by atoms with van der Waals surface area (Å²) in [6.07, 6.45) is -9.66. The normalized spacial score (nSPS) is 17.6. The Morgan fingerprint density at radius 3 is 2.13 bits per heavy atom. The molecule has 4 rings (SSSR count). The van der Waals surface area contributed by atoms with E-state index in [0.717, 1.165) is 0 Å². The van der Waals surface area contributed by atoms with Gasteiger partial charge in [-0.05, 0) is 64.4 Å². The number of carboxylic acids is 1. The third kappa shape index (κ3) is 7.03. The molecule has 2 aliphatic rings. The van der Waals surface area contributed by atoms with Gasteiger partial charge in [0.15, 0.2) is 0 Å². The first-order chi connectivity index (χ1) is 17.2. The second-order valence-electron chi connectivity index (χ2n) is 11.1. The van der Waals surface area contributed by atoms with Gasteiger partial charge in [-0.25, -0.2) is 0 Å². The molecule has 2 aromatic rings. The van der Waals surface area contributed by atoms with Crippen LogP contribution in [0.3, 0.4) is 0 Å². The molecule has 2 heterocycles. The molecule has 3 N–H and O–H groups in total. The summed E-state index contributed by atoms with van der Waals surface area (Å²) in [6, 6.07) is 7.30. The molecule has 0 spiro atoms. The number of carboxylic acid groups (broad SMARTS) is 1. The van der Waals surface area contributed by atoms with E-state index in [1.54, 1.807) is 11.0 Å². The Morgan fingerprint density at radius 2 is 1.63 bits per heavy atom. The molecule has 0 saturated carbocycles. The van der Waals surface area contributed by atoms with Crippen LogP contribution in [-0.4, -0.2) is 48.2 Å². The number of carbonyl (C=O) groups is 1. The lowest BCUT2D eigenvalue weighted by atomic mass is 9.94. The molecule has 0 aromatic heterocycles. The van der Waals surface area contributed by atoms with Crippen molar-refractivity contribution < 1.29 is 41.0 Å². The van der Waals surface area contributed by atoms with Crippen molar-refractivity contribution in [1.82, 2.24) is 0 Å². The Balaban J connectivity index is 0.000000732. The summed E-state index contributed by atoms with van der Waals surface area (Å²) in [5.41, 5.74) is 2.72. The number of halogens is 6. The van der Waals surface area contributed by atoms with E-state index in [9.17, 15) is 31.1 Å². The number of rotatable bonds is 3. The Kier molecular flexibility index (Phi) is 7.63. The number of ether oxygens (including phenoxy) is 1. The maximum Gasteiger partial charge on any atom is 0.485 e. The number of nitrogens with two attached hydrogens (primary N) is 1. The molecular formula is C26H31F6N3O3. The molecule has 12 heteroatoms. The third-order valence-electron chi connectivity index (χ3n) is 5.66. The SMILES string of the molecule is CC(C)(C)N.CC1(C)CN(C(F)(F)F)c2c(cc(C(F)(F)F)cc2-c2cccc(N3CC(C(=O)O)C3)c2)O1. The second-order valence-corrected chi connectivity index (χ2v) is 11.1. The molecule has 0 amide bonds. The minimum Gasteiger partial charge on any atom is -0.484 e. The summed E-state index contributed by atoms with van der Waals surface area (Å²) in [7, 11) is 0. The topological polar surface area (TPSA) is 79.0 Å². The molecule has 0 radical (unpaired) electrons. The molecule has 6 nitrogen and oxygen atoms in total. The van der Waals surface area contributed by atoms with E-state index in [0.29, 0.717) is 17.8 Å². The molecule has 2 aromatic carbocycles. The Labute approximate surface area is 217 Å². The van der Waals surface area contributed by atoms with Crippen molar-refractivity contribution in [2.75, 3.05) is 29.4 Å². The number of nitrogens with zero attached hydrogens (tertiary/aromatic N) is 2. The minimum atomic E-state index is -4.85. The van der Waals surface area contributed by atoms with Crippen LogP contribution in [0.1, 0.15) is 40.2 Å². The Hall–Kier alpha value is -3.15. The van der Waals surface area contributed by atoms with Gasteiger partial charge in [-0.1, -0.05) is 12.1 Å². The predicted molar refractivity (Wildman–Crippen MR) is 132 cm³/mol. The summed E-state index contributed by atoms with van der Waals surface area (Å²) in [6.45, 7) is 8.44. The van der Waals surface area contributed by atoms with Crippen molar-refractivity contribution in [1.29, 1.82) is 0 Å². The Morgan fingerprint density at radius 1 is 1.05 bits per heavy atom. The lowest BCUT2D eigenvalue weighted by Crippen LogP contribution is -2.52. The van der Waals surface area contributed by atoms with Crippen LogP contribution in [0.5, 0.6) is 5.75 Å². The molecule has 1 saturated heterocycles. The fraction of sp³-hybridized carbons (Fsp3) is 0.500. The zero-order chi connectivity index (χ0) is 28.8. The first-order valence-electron chi connectivity index (χ1n) is 11.8. The minimum absolute atomic E-state index is 0. The number of aliphatic carboxylic acids is 1. The standard InChI is InChI=1S/C22H20F6N2O3.C4H11N/c1-20(2)11-30(22(26,27)28)18-16(7-14(21(23,24)25)8-17(18)33-20)12-4-3-5-15(6-12)29-9-13(10-29)19(31)32;1-4(2,3)5/h3-8,13H,9-11H2,1-2H3,(H,31,32);5H2,1-3H3. The van der Waals surface area contributed by atoms with Gasteiger partial charge in [-0.2, -0.15) is 26.3 Å². The van der Waals surface area contributed by atoms with E-state index in [1.165, 1.54) is 32.0 Å². The van der Waals surface area contributed by atoms with E-state index < -0.39 is 53.5 Å². The summed E-state index contributed by atoms with van der Waals surface area (Å²) >= 11 is 0. The second kappa shape index (κ2) is 9.87. The highest BCUT2D eigenvalue weighted by Crippen LogP contribution is 2.50. The smallest absolute Gasteiger partial charge is 0.484 e. The summed E-state index contributed by atoms with van der Waals surface area (Å²) in [4.78, 5) is 12.9. The van der Waals surface area contributed by atoms with Gasteiger partial charge in [0.05, 0.1) is 23.7 Å². The van der Waals surface area contributed by atoms with E-state index in [4.69, 9.17) is 15.6 Å². The molecule has 210 valence electrons. The molecule has 38 heavy (non-hydrogen) atoms. The highest BCUT2D eigenvalue weighted by molar-refractivity contribution is 5.86. The number of benzene rings is 2. The first-order valence-corrected chi connectivity index (χ1v) is 11.8. The van der Waals surface area contributed by atoms with E-state index in [1.807, 2.05) is 20.8 Å². The highest BCUT2D eigenvalue weighted by atomic mass is 19.4. The number of alkyl halides is 6. The van der Waals surface area contributed by atoms with E-state index >= 15 is 0 Å². The zero-order valence-electron chi connectivity index (χ0n) is 21.7. The Bertz CT molecular complexity index is 1180. The van der Waals surface area contributed by atoms with Crippen molar-refractivity contribution in [3.05, 3.63) is 42.0 Å². The van der Waals surface area contributed by atoms with Gasteiger partial charge < -0.3 is 20.5 Å². The van der Waals surface area contributed by atoms with E-state index in [-0.39, 0.29) is 34.7 Å². The summed E-state index contributed by atoms with van der Waals surface area (Å²) in [5.74, 6) is -2.05. The van der Waals surface area contributed by atoms with E-state index in [2.05, 4.69) is 0 Å². The van der Waals surface area contributed by atoms with Crippen LogP contribution in [0.25, 0.3) is 11.1 Å². The monoisotopic (exact) mass is 547 g/mol. The predicted octanol–water partition coefficient (Wildman–Crippen LogP) is 6.13. The van der Waals surface area contributed by atoms with Gasteiger partial charge in [0.1, 0.15) is 11.4 Å². The first kappa shape index (κ1) is 29.4. The van der Waals surface area contributed by atoms with Gasteiger partial charge in [0.25, 0.3) is 0 Å². The molecule has 0 aliphatic carbocycles. The van der Waals surface area contributed by atoms with Crippen LogP contribution in [0.15, 0.2) is 36.4 Å². The van der Waals surface area contributed by atoms with Crippen LogP contribution >= 0.6 is 0 Å². The maximum absolute atomic E-state index is 14.0. The lowest BCUT2D eigenvalue weighted by Gasteiger charge is -2.42. The number of hydrogen-bond donors (Lipinski definition) is 2. The van der Waals surface area contributed by atoms with Crippen LogP contribution in [0, 0.1) is 5.92 Å². The van der Waals surface area contributed by atoms with Crippen LogP contribution in [-0.2, 0) is 11.0 Å². The van der Waals surface area contributed by atoms with Gasteiger partial charge in [-0.3, -0.25) is 9.69 Å². The fourth-order valence-electron chi connectivity index (χ4n) is 4.07. The number of anilines is 2.